The molecule has 2 aliphatic rings. The van der Waals surface area contributed by atoms with E-state index in [1.807, 2.05) is 0 Å². The summed E-state index contributed by atoms with van der Waals surface area (Å²) in [7, 11) is -3.60. The fraction of sp³-hybridized carbons (Fsp3) is 0.652. The number of amides is 1. The second-order valence-corrected chi connectivity index (χ2v) is 10.4. The zero-order valence-corrected chi connectivity index (χ0v) is 19.6. The van der Waals surface area contributed by atoms with Crippen LogP contribution in [0.5, 0.6) is 0 Å². The summed E-state index contributed by atoms with van der Waals surface area (Å²) >= 11 is 0. The lowest BCUT2D eigenvalue weighted by Gasteiger charge is -2.30. The molecule has 1 aromatic rings. The first-order valence-corrected chi connectivity index (χ1v) is 13.1. The van der Waals surface area contributed by atoms with Gasteiger partial charge in [0.25, 0.3) is 10.0 Å². The third-order valence-electron chi connectivity index (χ3n) is 6.16. The van der Waals surface area contributed by atoms with Crippen molar-refractivity contribution >= 4 is 21.8 Å². The highest BCUT2D eigenvalue weighted by Crippen LogP contribution is 2.23. The van der Waals surface area contributed by atoms with Gasteiger partial charge in [0.2, 0.25) is 5.91 Å². The molecule has 2 aliphatic heterocycles. The number of carbonyl (C=O) groups is 1. The van der Waals surface area contributed by atoms with Gasteiger partial charge in [-0.25, -0.2) is 8.42 Å². The van der Waals surface area contributed by atoms with Crippen molar-refractivity contribution in [3.8, 4) is 0 Å². The van der Waals surface area contributed by atoms with Gasteiger partial charge in [-0.2, -0.15) is 0 Å². The van der Waals surface area contributed by atoms with Crippen molar-refractivity contribution in [1.82, 2.24) is 14.9 Å². The van der Waals surface area contributed by atoms with Crippen LogP contribution in [0.1, 0.15) is 64.4 Å². The van der Waals surface area contributed by atoms with E-state index in [4.69, 9.17) is 0 Å². The lowest BCUT2D eigenvalue weighted by Crippen LogP contribution is -2.37. The van der Waals surface area contributed by atoms with Gasteiger partial charge in [-0.15, -0.1) is 0 Å². The standard InChI is InChI=1S/C23H36N4O3S/c1-3-4-10-20(25-22-19-9-5-6-11-21(19)31(29,30)26-22)23(28)24-14-7-8-15-27-16-12-18(2)13-17-27/h5-6,9,11,18,20H,3-4,7-8,10,12-17H2,1-2H3,(H,24,28)(H,25,26). The van der Waals surface area contributed by atoms with Gasteiger partial charge in [0.15, 0.2) is 0 Å². The molecule has 1 atom stereocenters. The molecular weight excluding hydrogens is 412 g/mol. The van der Waals surface area contributed by atoms with E-state index in [1.54, 1.807) is 24.3 Å². The summed E-state index contributed by atoms with van der Waals surface area (Å²) < 4.78 is 27.2. The Kier molecular flexibility index (Phi) is 8.49. The lowest BCUT2D eigenvalue weighted by molar-refractivity contribution is -0.122. The minimum Gasteiger partial charge on any atom is -0.354 e. The molecule has 0 aromatic heterocycles. The molecule has 1 aromatic carbocycles. The topological polar surface area (TPSA) is 90.9 Å². The summed E-state index contributed by atoms with van der Waals surface area (Å²) in [5.41, 5.74) is 0.535. The summed E-state index contributed by atoms with van der Waals surface area (Å²) in [5, 5.41) is 3.01. The van der Waals surface area contributed by atoms with Crippen molar-refractivity contribution in [3.05, 3.63) is 29.8 Å². The van der Waals surface area contributed by atoms with Gasteiger partial charge in [-0.1, -0.05) is 38.8 Å². The van der Waals surface area contributed by atoms with Gasteiger partial charge in [-0.05, 0) is 69.8 Å². The number of fused-ring (bicyclic) bond motifs is 1. The maximum Gasteiger partial charge on any atom is 0.263 e. The molecule has 2 N–H and O–H groups in total. The number of amidine groups is 1. The van der Waals surface area contributed by atoms with Gasteiger partial charge in [0.1, 0.15) is 11.9 Å². The molecule has 1 saturated heterocycles. The normalized spacial score (nSPS) is 20.9. The summed E-state index contributed by atoms with van der Waals surface area (Å²) in [6, 6.07) is 6.16. The number of piperidine rings is 1. The van der Waals surface area contributed by atoms with E-state index in [1.165, 1.54) is 25.9 Å². The number of aliphatic imine (C=N–C) groups is 1. The van der Waals surface area contributed by atoms with Crippen molar-refractivity contribution in [2.45, 2.75) is 69.7 Å². The number of carbonyl (C=O) groups excluding carboxylic acids is 1. The van der Waals surface area contributed by atoms with Crippen LogP contribution in [0, 0.1) is 5.92 Å². The average molecular weight is 449 g/mol. The Bertz CT molecular complexity index is 877. The quantitative estimate of drug-likeness (QED) is 0.539. The molecule has 31 heavy (non-hydrogen) atoms. The summed E-state index contributed by atoms with van der Waals surface area (Å²) in [5.74, 6) is 0.982. The summed E-state index contributed by atoms with van der Waals surface area (Å²) in [4.78, 5) is 20.1. The first-order valence-electron chi connectivity index (χ1n) is 11.6. The van der Waals surface area contributed by atoms with E-state index in [9.17, 15) is 13.2 Å². The summed E-state index contributed by atoms with van der Waals surface area (Å²) in [6.45, 7) is 8.46. The van der Waals surface area contributed by atoms with Crippen molar-refractivity contribution in [2.75, 3.05) is 26.2 Å². The molecule has 1 fully saturated rings. The van der Waals surface area contributed by atoms with Crippen LogP contribution in [-0.2, 0) is 14.8 Å². The Balaban J connectivity index is 1.53. The molecule has 0 radical (unpaired) electrons. The number of sulfonamides is 1. The molecule has 7 nitrogen and oxygen atoms in total. The van der Waals surface area contributed by atoms with Crippen LogP contribution in [0.25, 0.3) is 0 Å². The molecule has 0 saturated carbocycles. The zero-order chi connectivity index (χ0) is 22.3. The maximum atomic E-state index is 12.8. The molecule has 172 valence electrons. The lowest BCUT2D eigenvalue weighted by atomic mass is 9.99. The van der Waals surface area contributed by atoms with Crippen LogP contribution in [0.2, 0.25) is 0 Å². The largest absolute Gasteiger partial charge is 0.354 e. The van der Waals surface area contributed by atoms with E-state index in [-0.39, 0.29) is 16.6 Å². The van der Waals surface area contributed by atoms with E-state index in [0.29, 0.717) is 18.5 Å². The Morgan fingerprint density at radius 2 is 1.97 bits per heavy atom. The third kappa shape index (κ3) is 6.53. The molecule has 8 heteroatoms. The first kappa shape index (κ1) is 23.7. The van der Waals surface area contributed by atoms with Crippen molar-refractivity contribution in [3.63, 3.8) is 0 Å². The number of nitrogens with one attached hydrogen (secondary N) is 2. The fourth-order valence-electron chi connectivity index (χ4n) is 4.11. The Morgan fingerprint density at radius 3 is 2.71 bits per heavy atom. The second-order valence-electron chi connectivity index (χ2n) is 8.76. The zero-order valence-electron chi connectivity index (χ0n) is 18.8. The highest BCUT2D eigenvalue weighted by Gasteiger charge is 2.31. The Hall–Kier alpha value is -1.93. The van der Waals surface area contributed by atoms with Crippen molar-refractivity contribution in [1.29, 1.82) is 0 Å². The van der Waals surface area contributed by atoms with Gasteiger partial charge < -0.3 is 10.2 Å². The van der Waals surface area contributed by atoms with E-state index < -0.39 is 16.1 Å². The number of unbranched alkanes of at least 4 members (excludes halogenated alkanes) is 2. The highest BCUT2D eigenvalue weighted by molar-refractivity contribution is 7.90. The highest BCUT2D eigenvalue weighted by atomic mass is 32.2. The van der Waals surface area contributed by atoms with Gasteiger partial charge in [0.05, 0.1) is 4.90 Å². The van der Waals surface area contributed by atoms with Gasteiger partial charge in [0, 0.05) is 12.1 Å². The number of hydrogen-bond donors (Lipinski definition) is 2. The molecule has 0 spiro atoms. The molecule has 0 aliphatic carbocycles. The Morgan fingerprint density at radius 1 is 1.23 bits per heavy atom. The van der Waals surface area contributed by atoms with Gasteiger partial charge in [-0.3, -0.25) is 14.5 Å². The average Bonchev–Trinajstić information content (AvgIpc) is 3.02. The minimum absolute atomic E-state index is 0.128. The number of hydrogen-bond acceptors (Lipinski definition) is 5. The van der Waals surface area contributed by atoms with Crippen LogP contribution in [0.3, 0.4) is 0 Å². The first-order chi connectivity index (χ1) is 14.9. The van der Waals surface area contributed by atoms with Crippen molar-refractivity contribution in [2.24, 2.45) is 10.9 Å². The minimum atomic E-state index is -3.60. The molecule has 3 rings (SSSR count). The number of nitrogens with zero attached hydrogens (tertiary/aromatic N) is 2. The summed E-state index contributed by atoms with van der Waals surface area (Å²) in [6.07, 6.45) is 6.97. The molecule has 0 bridgehead atoms. The molecule has 1 unspecified atom stereocenters. The predicted octanol–water partition coefficient (Wildman–Crippen LogP) is 2.91. The van der Waals surface area contributed by atoms with Gasteiger partial charge >= 0.3 is 0 Å². The Labute approximate surface area is 186 Å². The number of benzene rings is 1. The third-order valence-corrected chi connectivity index (χ3v) is 7.56. The second kappa shape index (κ2) is 11.1. The fourth-order valence-corrected chi connectivity index (χ4v) is 5.35. The number of likely N-dealkylation sites (tertiary alicyclic amines) is 1. The van der Waals surface area contributed by atoms with E-state index in [0.717, 1.165) is 38.1 Å². The smallest absolute Gasteiger partial charge is 0.263 e. The number of rotatable bonds is 10. The predicted molar refractivity (Wildman–Crippen MR) is 124 cm³/mol. The van der Waals surface area contributed by atoms with Crippen LogP contribution >= 0.6 is 0 Å². The maximum absolute atomic E-state index is 12.8. The monoisotopic (exact) mass is 448 g/mol. The van der Waals surface area contributed by atoms with Crippen molar-refractivity contribution < 1.29 is 13.2 Å². The van der Waals surface area contributed by atoms with Crippen LogP contribution in [-0.4, -0.2) is 57.3 Å². The molecular formula is C23H36N4O3S. The molecule has 1 amide bonds. The van der Waals surface area contributed by atoms with E-state index in [2.05, 4.69) is 33.8 Å². The van der Waals surface area contributed by atoms with Crippen LogP contribution in [0.4, 0.5) is 0 Å². The van der Waals surface area contributed by atoms with Crippen LogP contribution < -0.4 is 10.0 Å². The van der Waals surface area contributed by atoms with E-state index >= 15 is 0 Å². The molecule has 2 heterocycles. The SMILES string of the molecule is CCCCC(N=C1NS(=O)(=O)c2ccccc21)C(=O)NCCCCN1CCC(C)CC1. The van der Waals surface area contributed by atoms with Crippen LogP contribution in [0.15, 0.2) is 34.2 Å².